The quantitative estimate of drug-likeness (QED) is 0.145. The van der Waals surface area contributed by atoms with E-state index in [1.807, 2.05) is 0 Å². The predicted molar refractivity (Wildman–Crippen MR) is 95.7 cm³/mol. The zero-order valence-corrected chi connectivity index (χ0v) is 18.5. The third-order valence-corrected chi connectivity index (χ3v) is 4.99. The molecule has 0 aliphatic heterocycles. The molecule has 1 aromatic carbocycles. The van der Waals surface area contributed by atoms with E-state index in [9.17, 15) is 79.0 Å². The van der Waals surface area contributed by atoms with Gasteiger partial charge in [0.15, 0.2) is 22.8 Å². The van der Waals surface area contributed by atoms with Crippen LogP contribution in [0.15, 0.2) is 0 Å². The van der Waals surface area contributed by atoms with E-state index in [0.29, 0.717) is 0 Å². The Hall–Kier alpha value is -4.02. The first-order valence-electron chi connectivity index (χ1n) is 9.83. The maximum absolute atomic E-state index is 13.9. The summed E-state index contributed by atoms with van der Waals surface area (Å²) in [6.07, 6.45) is -37.0. The van der Waals surface area contributed by atoms with E-state index in [1.165, 1.54) is 0 Å². The van der Waals surface area contributed by atoms with Crippen LogP contribution in [0.2, 0.25) is 0 Å². The average molecular weight is 642 g/mol. The number of nitrogens with zero attached hydrogens (tertiary/aromatic N) is 6. The number of rotatable bonds is 0. The molecule has 0 amide bonds. The lowest BCUT2D eigenvalue weighted by molar-refractivity contribution is -0.167. The minimum Gasteiger partial charge on any atom is -0.239 e. The van der Waals surface area contributed by atoms with Crippen molar-refractivity contribution in [2.45, 2.75) is 37.1 Å². The molecule has 0 aliphatic rings. The van der Waals surface area contributed by atoms with Gasteiger partial charge in [0.25, 0.3) is 0 Å². The number of benzene rings is 1. The fourth-order valence-corrected chi connectivity index (χ4v) is 3.56. The molecule has 3 heterocycles. The molecule has 0 saturated heterocycles. The molecular weight excluding hydrogens is 642 g/mol. The SMILES string of the molecule is FC(F)(F)c1nc(C(F)(F)F)c2c(n1)c1nc(C(F)(F)F)nc(C(F)(F)F)c1c1nc(C(F)(F)F)c(C(F)(F)F)nc12. The smallest absolute Gasteiger partial charge is 0.239 e. The van der Waals surface area contributed by atoms with Crippen molar-refractivity contribution in [2.24, 2.45) is 0 Å². The van der Waals surface area contributed by atoms with Crippen LogP contribution in [0.25, 0.3) is 32.8 Å². The zero-order chi connectivity index (χ0) is 32.2. The van der Waals surface area contributed by atoms with Gasteiger partial charge in [-0.05, 0) is 0 Å². The molecule has 4 rings (SSSR count). The topological polar surface area (TPSA) is 77.3 Å². The molecule has 0 saturated carbocycles. The van der Waals surface area contributed by atoms with Crippen molar-refractivity contribution in [1.29, 1.82) is 0 Å². The molecule has 4 aromatic rings. The van der Waals surface area contributed by atoms with Crippen LogP contribution in [0.4, 0.5) is 79.0 Å². The van der Waals surface area contributed by atoms with Gasteiger partial charge >= 0.3 is 37.1 Å². The fraction of sp³-hybridized carbons (Fsp3) is 0.333. The van der Waals surface area contributed by atoms with Crippen LogP contribution in [-0.4, -0.2) is 29.9 Å². The highest BCUT2D eigenvalue weighted by molar-refractivity contribution is 6.22. The summed E-state index contributed by atoms with van der Waals surface area (Å²) in [6.45, 7) is 0. The summed E-state index contributed by atoms with van der Waals surface area (Å²) >= 11 is 0. The van der Waals surface area contributed by atoms with E-state index < -0.39 is 104 Å². The number of halogens is 18. The number of fused-ring (bicyclic) bond motifs is 6. The molecule has 6 nitrogen and oxygen atoms in total. The zero-order valence-electron chi connectivity index (χ0n) is 18.5. The van der Waals surface area contributed by atoms with Gasteiger partial charge in [-0.15, -0.1) is 0 Å². The maximum atomic E-state index is 13.9. The van der Waals surface area contributed by atoms with Gasteiger partial charge in [-0.1, -0.05) is 0 Å². The molecule has 0 unspecified atom stereocenters. The van der Waals surface area contributed by atoms with Gasteiger partial charge in [0.1, 0.15) is 22.1 Å². The summed E-state index contributed by atoms with van der Waals surface area (Å²) in [5, 5.41) is -4.55. The van der Waals surface area contributed by atoms with Crippen molar-refractivity contribution in [3.8, 4) is 0 Å². The summed E-state index contributed by atoms with van der Waals surface area (Å²) < 4.78 is 244. The largest absolute Gasteiger partial charge is 0.451 e. The number of alkyl halides is 18. The third kappa shape index (κ3) is 5.20. The second-order valence-corrected chi connectivity index (χ2v) is 7.84. The summed E-state index contributed by atoms with van der Waals surface area (Å²) in [5.41, 5.74) is -21.2. The van der Waals surface area contributed by atoms with E-state index >= 15 is 0 Å². The monoisotopic (exact) mass is 642 g/mol. The van der Waals surface area contributed by atoms with E-state index in [4.69, 9.17) is 0 Å². The molecule has 0 atom stereocenters. The van der Waals surface area contributed by atoms with Crippen LogP contribution in [0.3, 0.4) is 0 Å². The second kappa shape index (κ2) is 8.75. The molecular formula is C18F18N6. The number of hydrogen-bond acceptors (Lipinski definition) is 6. The van der Waals surface area contributed by atoms with Crippen LogP contribution in [-0.2, 0) is 37.1 Å². The molecule has 0 bridgehead atoms. The van der Waals surface area contributed by atoms with Crippen molar-refractivity contribution in [3.05, 3.63) is 34.4 Å². The molecule has 0 N–H and O–H groups in total. The molecule has 0 aliphatic carbocycles. The highest BCUT2D eigenvalue weighted by atomic mass is 19.4. The first-order valence-corrected chi connectivity index (χ1v) is 9.83. The second-order valence-electron chi connectivity index (χ2n) is 7.84. The van der Waals surface area contributed by atoms with E-state index in [1.54, 1.807) is 0 Å². The van der Waals surface area contributed by atoms with Crippen molar-refractivity contribution >= 4 is 32.8 Å². The highest BCUT2D eigenvalue weighted by Gasteiger charge is 2.50. The minimum atomic E-state index is -6.26. The molecule has 0 radical (unpaired) electrons. The first-order chi connectivity index (χ1) is 18.6. The maximum Gasteiger partial charge on any atom is 0.451 e. The molecule has 3 aromatic heterocycles. The van der Waals surface area contributed by atoms with Gasteiger partial charge in [0, 0.05) is 0 Å². The normalized spacial score (nSPS) is 14.4. The summed E-state index contributed by atoms with van der Waals surface area (Å²) in [6, 6.07) is 0. The van der Waals surface area contributed by atoms with E-state index in [0.717, 1.165) is 0 Å². The van der Waals surface area contributed by atoms with Crippen molar-refractivity contribution in [1.82, 2.24) is 29.9 Å². The average Bonchev–Trinajstić information content (AvgIpc) is 2.78. The van der Waals surface area contributed by atoms with Gasteiger partial charge in [-0.25, -0.2) is 29.9 Å². The van der Waals surface area contributed by atoms with E-state index in [2.05, 4.69) is 29.9 Å². The van der Waals surface area contributed by atoms with Crippen LogP contribution in [0.5, 0.6) is 0 Å². The van der Waals surface area contributed by atoms with E-state index in [-0.39, 0.29) is 0 Å². The van der Waals surface area contributed by atoms with Gasteiger partial charge in [0.2, 0.25) is 11.6 Å². The standard InChI is InChI=1S/C18F18N6/c19-13(20,21)7-1-3-4(38-10(16(28,29)30)9(37-3)15(25,26)27)2-6(5(1)39-11(41-7)17(31,32)33)40-12(18(34,35)36)42-8(2)14(22,23)24. The summed E-state index contributed by atoms with van der Waals surface area (Å²) in [7, 11) is 0. The van der Waals surface area contributed by atoms with Gasteiger partial charge in [-0.2, -0.15) is 79.0 Å². The Labute approximate surface area is 214 Å². The number of aromatic nitrogens is 6. The minimum absolute atomic E-state index is 2.09. The molecule has 24 heteroatoms. The molecule has 0 spiro atoms. The molecule has 42 heavy (non-hydrogen) atoms. The lowest BCUT2D eigenvalue weighted by atomic mass is 10.0. The Morgan fingerprint density at radius 1 is 0.262 bits per heavy atom. The van der Waals surface area contributed by atoms with Gasteiger partial charge in [-0.3, -0.25) is 0 Å². The summed E-state index contributed by atoms with van der Waals surface area (Å²) in [5.74, 6) is -5.75. The molecule has 0 fully saturated rings. The number of hydrogen-bond donors (Lipinski definition) is 0. The van der Waals surface area contributed by atoms with Crippen molar-refractivity contribution in [3.63, 3.8) is 0 Å². The van der Waals surface area contributed by atoms with Gasteiger partial charge in [0.05, 0.1) is 10.8 Å². The highest BCUT2D eigenvalue weighted by Crippen LogP contribution is 2.47. The predicted octanol–water partition coefficient (Wildman–Crippen LogP) is 7.63. The van der Waals surface area contributed by atoms with Crippen LogP contribution < -0.4 is 0 Å². The molecule has 228 valence electrons. The van der Waals surface area contributed by atoms with Crippen LogP contribution >= 0.6 is 0 Å². The Morgan fingerprint density at radius 3 is 0.714 bits per heavy atom. The van der Waals surface area contributed by atoms with Gasteiger partial charge < -0.3 is 0 Å². The Bertz CT molecular complexity index is 1590. The van der Waals surface area contributed by atoms with Crippen molar-refractivity contribution in [2.75, 3.05) is 0 Å². The van der Waals surface area contributed by atoms with Crippen LogP contribution in [0, 0.1) is 0 Å². The lowest BCUT2D eigenvalue weighted by Crippen LogP contribution is -2.23. The Morgan fingerprint density at radius 2 is 0.500 bits per heavy atom. The Balaban J connectivity index is 2.55. The summed E-state index contributed by atoms with van der Waals surface area (Å²) in [4.78, 5) is 13.8. The first kappa shape index (κ1) is 30.9. The Kier molecular flexibility index (Phi) is 6.44. The fourth-order valence-electron chi connectivity index (χ4n) is 3.56. The lowest BCUT2D eigenvalue weighted by Gasteiger charge is -2.20. The van der Waals surface area contributed by atoms with Crippen LogP contribution in [0.1, 0.15) is 34.4 Å². The van der Waals surface area contributed by atoms with Crippen molar-refractivity contribution < 1.29 is 79.0 Å². The third-order valence-electron chi connectivity index (χ3n) is 4.99.